The summed E-state index contributed by atoms with van der Waals surface area (Å²) in [4.78, 5) is 0. The van der Waals surface area contributed by atoms with Gasteiger partial charge < -0.3 is 5.32 Å². The highest BCUT2D eigenvalue weighted by molar-refractivity contribution is 5.34. The Kier molecular flexibility index (Phi) is 2.55. The quantitative estimate of drug-likeness (QED) is 0.786. The molecule has 1 aliphatic heterocycles. The van der Waals surface area contributed by atoms with Crippen LogP contribution in [0.1, 0.15) is 25.0 Å². The summed E-state index contributed by atoms with van der Waals surface area (Å²) in [5, 5.41) is 3.32. The monoisotopic (exact) mass is 207 g/mol. The van der Waals surface area contributed by atoms with Crippen molar-refractivity contribution in [1.29, 1.82) is 0 Å². The maximum Gasteiger partial charge on any atom is 0.126 e. The molecule has 0 spiro atoms. The molecule has 2 rings (SSSR count). The molecule has 0 saturated carbocycles. The van der Waals surface area contributed by atoms with Gasteiger partial charge in [0.2, 0.25) is 0 Å². The minimum Gasteiger partial charge on any atom is -0.315 e. The first-order valence-corrected chi connectivity index (χ1v) is 5.53. The normalized spacial score (nSPS) is 19.0. The second kappa shape index (κ2) is 3.60. The molecule has 15 heavy (non-hydrogen) atoms. The van der Waals surface area contributed by atoms with Crippen molar-refractivity contribution in [3.8, 4) is 0 Å². The second-order valence-electron chi connectivity index (χ2n) is 4.88. The largest absolute Gasteiger partial charge is 0.315 e. The molecule has 1 heterocycles. The maximum atomic E-state index is 13.2. The summed E-state index contributed by atoms with van der Waals surface area (Å²) in [6.45, 7) is 8.32. The lowest BCUT2D eigenvalue weighted by molar-refractivity contribution is 0.199. The molecule has 82 valence electrons. The number of aryl methyl sites for hydroxylation is 1. The van der Waals surface area contributed by atoms with Crippen LogP contribution in [0, 0.1) is 18.7 Å². The van der Waals surface area contributed by atoms with E-state index in [0.717, 1.165) is 18.7 Å². The number of nitrogens with one attached hydrogen (secondary N) is 1. The van der Waals surface area contributed by atoms with E-state index in [-0.39, 0.29) is 11.2 Å². The predicted molar refractivity (Wildman–Crippen MR) is 60.5 cm³/mol. The number of hydrogen-bond donors (Lipinski definition) is 1. The Balaban J connectivity index is 2.39. The van der Waals surface area contributed by atoms with E-state index in [1.54, 1.807) is 6.07 Å². The van der Waals surface area contributed by atoms with E-state index in [9.17, 15) is 4.39 Å². The standard InChI is InChI=1S/C13H18FN/c1-9(2)13(7-15-8-13)11-4-5-12(14)10(3)6-11/h4-6,9,15H,7-8H2,1-3H3. The van der Waals surface area contributed by atoms with Gasteiger partial charge in [0, 0.05) is 18.5 Å². The molecule has 1 nitrogen and oxygen atoms in total. The van der Waals surface area contributed by atoms with Crippen LogP contribution in [0.5, 0.6) is 0 Å². The predicted octanol–water partition coefficient (Wildman–Crippen LogP) is 2.63. The summed E-state index contributed by atoms with van der Waals surface area (Å²) in [5.74, 6) is 0.480. The van der Waals surface area contributed by atoms with Crippen LogP contribution >= 0.6 is 0 Å². The van der Waals surface area contributed by atoms with Gasteiger partial charge in [0.1, 0.15) is 5.82 Å². The molecule has 1 fully saturated rings. The zero-order chi connectivity index (χ0) is 11.1. The molecule has 0 amide bonds. The van der Waals surface area contributed by atoms with E-state index in [0.29, 0.717) is 5.92 Å². The maximum absolute atomic E-state index is 13.2. The van der Waals surface area contributed by atoms with Crippen molar-refractivity contribution in [2.24, 2.45) is 5.92 Å². The van der Waals surface area contributed by atoms with Gasteiger partial charge >= 0.3 is 0 Å². The fourth-order valence-corrected chi connectivity index (χ4v) is 2.29. The van der Waals surface area contributed by atoms with Crippen LogP contribution in [-0.2, 0) is 5.41 Å². The lowest BCUT2D eigenvalue weighted by atomic mass is 9.67. The Morgan fingerprint density at radius 2 is 2.00 bits per heavy atom. The number of rotatable bonds is 2. The van der Waals surface area contributed by atoms with Crippen molar-refractivity contribution in [2.75, 3.05) is 13.1 Å². The summed E-state index contributed by atoms with van der Waals surface area (Å²) >= 11 is 0. The van der Waals surface area contributed by atoms with E-state index in [2.05, 4.69) is 19.2 Å². The highest BCUT2D eigenvalue weighted by atomic mass is 19.1. The average molecular weight is 207 g/mol. The zero-order valence-electron chi connectivity index (χ0n) is 9.60. The van der Waals surface area contributed by atoms with E-state index < -0.39 is 0 Å². The van der Waals surface area contributed by atoms with Crippen molar-refractivity contribution < 1.29 is 4.39 Å². The number of halogens is 1. The Morgan fingerprint density at radius 1 is 1.33 bits per heavy atom. The van der Waals surface area contributed by atoms with Crippen LogP contribution in [0.15, 0.2) is 18.2 Å². The minimum atomic E-state index is -0.107. The number of benzene rings is 1. The third-order valence-corrected chi connectivity index (χ3v) is 3.72. The highest BCUT2D eigenvalue weighted by Crippen LogP contribution is 2.36. The summed E-state index contributed by atoms with van der Waals surface area (Å²) in [6, 6.07) is 5.52. The molecular weight excluding hydrogens is 189 g/mol. The SMILES string of the molecule is Cc1cc(C2(C(C)C)CNC2)ccc1F. The van der Waals surface area contributed by atoms with Crippen LogP contribution in [0.25, 0.3) is 0 Å². The zero-order valence-corrected chi connectivity index (χ0v) is 9.60. The molecule has 0 radical (unpaired) electrons. The van der Waals surface area contributed by atoms with Gasteiger partial charge in [0.15, 0.2) is 0 Å². The molecule has 1 saturated heterocycles. The fourth-order valence-electron chi connectivity index (χ4n) is 2.29. The first-order chi connectivity index (χ1) is 7.06. The van der Waals surface area contributed by atoms with E-state index in [4.69, 9.17) is 0 Å². The third kappa shape index (κ3) is 1.57. The first-order valence-electron chi connectivity index (χ1n) is 5.53. The molecule has 0 unspecified atom stereocenters. The van der Waals surface area contributed by atoms with Gasteiger partial charge in [-0.25, -0.2) is 4.39 Å². The minimum absolute atomic E-state index is 0.107. The molecule has 0 aromatic heterocycles. The molecule has 1 aromatic rings. The average Bonchev–Trinajstić information content (AvgIpc) is 2.08. The molecule has 1 aliphatic rings. The van der Waals surface area contributed by atoms with Crippen molar-refractivity contribution in [1.82, 2.24) is 5.32 Å². The fraction of sp³-hybridized carbons (Fsp3) is 0.538. The van der Waals surface area contributed by atoms with E-state index >= 15 is 0 Å². The van der Waals surface area contributed by atoms with E-state index in [1.165, 1.54) is 5.56 Å². The van der Waals surface area contributed by atoms with Gasteiger partial charge in [0.25, 0.3) is 0 Å². The van der Waals surface area contributed by atoms with Gasteiger partial charge in [-0.3, -0.25) is 0 Å². The van der Waals surface area contributed by atoms with Crippen LogP contribution < -0.4 is 5.32 Å². The highest BCUT2D eigenvalue weighted by Gasteiger charge is 2.41. The summed E-state index contributed by atoms with van der Waals surface area (Å²) in [5.41, 5.74) is 2.24. The van der Waals surface area contributed by atoms with Crippen molar-refractivity contribution in [3.05, 3.63) is 35.1 Å². The van der Waals surface area contributed by atoms with Crippen LogP contribution in [0.4, 0.5) is 4.39 Å². The molecule has 1 aromatic carbocycles. The molecule has 0 bridgehead atoms. The molecule has 1 N–H and O–H groups in total. The lowest BCUT2D eigenvalue weighted by Gasteiger charge is -2.47. The van der Waals surface area contributed by atoms with Crippen molar-refractivity contribution in [3.63, 3.8) is 0 Å². The molecule has 2 heteroatoms. The molecular formula is C13H18FN. The summed E-state index contributed by atoms with van der Waals surface area (Å²) in [6.07, 6.45) is 0. The number of hydrogen-bond acceptors (Lipinski definition) is 1. The molecule has 0 atom stereocenters. The van der Waals surface area contributed by atoms with Crippen LogP contribution in [-0.4, -0.2) is 13.1 Å². The third-order valence-electron chi connectivity index (χ3n) is 3.72. The lowest BCUT2D eigenvalue weighted by Crippen LogP contribution is -2.59. The van der Waals surface area contributed by atoms with Gasteiger partial charge in [-0.15, -0.1) is 0 Å². The summed E-state index contributed by atoms with van der Waals surface area (Å²) in [7, 11) is 0. The van der Waals surface area contributed by atoms with Gasteiger partial charge in [-0.2, -0.15) is 0 Å². The van der Waals surface area contributed by atoms with Gasteiger partial charge in [-0.1, -0.05) is 26.0 Å². The Hall–Kier alpha value is -0.890. The van der Waals surface area contributed by atoms with Crippen molar-refractivity contribution >= 4 is 0 Å². The van der Waals surface area contributed by atoms with Crippen molar-refractivity contribution in [2.45, 2.75) is 26.2 Å². The van der Waals surface area contributed by atoms with Crippen LogP contribution in [0.2, 0.25) is 0 Å². The van der Waals surface area contributed by atoms with Gasteiger partial charge in [0.05, 0.1) is 0 Å². The second-order valence-corrected chi connectivity index (χ2v) is 4.88. The van der Waals surface area contributed by atoms with Crippen LogP contribution in [0.3, 0.4) is 0 Å². The Bertz CT molecular complexity index is 367. The summed E-state index contributed by atoms with van der Waals surface area (Å²) < 4.78 is 13.2. The van der Waals surface area contributed by atoms with E-state index in [1.807, 2.05) is 19.1 Å². The smallest absolute Gasteiger partial charge is 0.126 e. The molecule has 0 aliphatic carbocycles. The van der Waals surface area contributed by atoms with Gasteiger partial charge in [-0.05, 0) is 30.0 Å². The first kappa shape index (κ1) is 10.6. The Morgan fingerprint density at radius 3 is 2.40 bits per heavy atom. The topological polar surface area (TPSA) is 12.0 Å². The Labute approximate surface area is 90.7 Å².